The first-order valence-corrected chi connectivity index (χ1v) is 11.7. The number of fused-ring (bicyclic) bond motifs is 1. The van der Waals surface area contributed by atoms with Gasteiger partial charge >= 0.3 is 6.03 Å². The number of aromatic amines is 1. The van der Waals surface area contributed by atoms with E-state index in [2.05, 4.69) is 26.3 Å². The van der Waals surface area contributed by atoms with Gasteiger partial charge < -0.3 is 26.3 Å². The number of H-pyrrole nitrogens is 1. The molecule has 5 N–H and O–H groups in total. The Labute approximate surface area is 209 Å². The number of rotatable bonds is 8. The standard InChI is InChI=1S/C28H29N5O3/c1-18-7-5-9-22(13-18)32-28(36)33-23-10-6-8-20(14-23)16-30-27(35)26(31-19(2)34)15-21-17-29-25-12-4-3-11-24(21)25/h3-14,17,26,29H,15-16H2,1-2H3,(H,30,35)(H,31,34)(H2,32,33,36). The molecule has 1 aromatic heterocycles. The highest BCUT2D eigenvalue weighted by atomic mass is 16.2. The fourth-order valence-corrected chi connectivity index (χ4v) is 4.06. The zero-order chi connectivity index (χ0) is 25.5. The number of amides is 4. The molecule has 1 heterocycles. The fraction of sp³-hybridized carbons (Fsp3) is 0.179. The Morgan fingerprint density at radius 2 is 1.61 bits per heavy atom. The number of nitrogens with one attached hydrogen (secondary N) is 5. The van der Waals surface area contributed by atoms with Gasteiger partial charge in [-0.1, -0.05) is 42.5 Å². The van der Waals surface area contributed by atoms with Crippen molar-refractivity contribution in [3.8, 4) is 0 Å². The molecule has 0 spiro atoms. The molecular weight excluding hydrogens is 454 g/mol. The van der Waals surface area contributed by atoms with E-state index < -0.39 is 6.04 Å². The van der Waals surface area contributed by atoms with Crippen molar-refractivity contribution in [2.75, 3.05) is 10.6 Å². The number of aryl methyl sites for hydroxylation is 1. The lowest BCUT2D eigenvalue weighted by molar-refractivity contribution is -0.128. The quantitative estimate of drug-likeness (QED) is 0.254. The molecule has 0 bridgehead atoms. The number of para-hydroxylation sites is 1. The Hall–Kier alpha value is -4.59. The van der Waals surface area contributed by atoms with Crippen molar-refractivity contribution < 1.29 is 14.4 Å². The Morgan fingerprint density at radius 1 is 0.889 bits per heavy atom. The van der Waals surface area contributed by atoms with Gasteiger partial charge in [-0.05, 0) is 53.9 Å². The van der Waals surface area contributed by atoms with E-state index in [1.807, 2.05) is 67.7 Å². The predicted molar refractivity (Wildman–Crippen MR) is 142 cm³/mol. The summed E-state index contributed by atoms with van der Waals surface area (Å²) < 4.78 is 0. The number of hydrogen-bond acceptors (Lipinski definition) is 3. The highest BCUT2D eigenvalue weighted by Crippen LogP contribution is 2.19. The van der Waals surface area contributed by atoms with E-state index >= 15 is 0 Å². The number of carbonyl (C=O) groups excluding carboxylic acids is 3. The number of anilines is 2. The van der Waals surface area contributed by atoms with Gasteiger partial charge in [-0.25, -0.2) is 4.79 Å². The molecule has 0 aliphatic rings. The second kappa shape index (κ2) is 11.2. The van der Waals surface area contributed by atoms with Crippen molar-refractivity contribution in [2.45, 2.75) is 32.9 Å². The lowest BCUT2D eigenvalue weighted by atomic mass is 10.0. The fourth-order valence-electron chi connectivity index (χ4n) is 4.06. The van der Waals surface area contributed by atoms with Gasteiger partial charge in [0.25, 0.3) is 0 Å². The highest BCUT2D eigenvalue weighted by Gasteiger charge is 2.21. The second-order valence-electron chi connectivity index (χ2n) is 8.68. The van der Waals surface area contributed by atoms with Gasteiger partial charge in [0.15, 0.2) is 0 Å². The Kier molecular flexibility index (Phi) is 7.65. The SMILES string of the molecule is CC(=O)NC(Cc1c[nH]c2ccccc12)C(=O)NCc1cccc(NC(=O)Nc2cccc(C)c2)c1. The third-order valence-corrected chi connectivity index (χ3v) is 5.72. The summed E-state index contributed by atoms with van der Waals surface area (Å²) in [7, 11) is 0. The van der Waals surface area contributed by atoms with Crippen LogP contribution in [0, 0.1) is 6.92 Å². The van der Waals surface area contributed by atoms with Gasteiger partial charge in [0.2, 0.25) is 11.8 Å². The third-order valence-electron chi connectivity index (χ3n) is 5.72. The van der Waals surface area contributed by atoms with Crippen LogP contribution in [0.4, 0.5) is 16.2 Å². The topological polar surface area (TPSA) is 115 Å². The van der Waals surface area contributed by atoms with Crippen molar-refractivity contribution >= 4 is 40.1 Å². The van der Waals surface area contributed by atoms with Crippen LogP contribution in [0.25, 0.3) is 10.9 Å². The van der Waals surface area contributed by atoms with Crippen LogP contribution in [0.2, 0.25) is 0 Å². The summed E-state index contributed by atoms with van der Waals surface area (Å²) in [6, 6.07) is 21.5. The maximum absolute atomic E-state index is 13.0. The first-order valence-electron chi connectivity index (χ1n) is 11.7. The van der Waals surface area contributed by atoms with Crippen LogP contribution in [-0.4, -0.2) is 28.9 Å². The van der Waals surface area contributed by atoms with Crippen molar-refractivity contribution in [1.82, 2.24) is 15.6 Å². The molecule has 36 heavy (non-hydrogen) atoms. The maximum atomic E-state index is 13.0. The smallest absolute Gasteiger partial charge is 0.323 e. The van der Waals surface area contributed by atoms with E-state index in [1.54, 1.807) is 18.2 Å². The van der Waals surface area contributed by atoms with Crippen molar-refractivity contribution in [2.24, 2.45) is 0 Å². The molecule has 0 aliphatic carbocycles. The van der Waals surface area contributed by atoms with Crippen LogP contribution in [0.1, 0.15) is 23.6 Å². The number of benzene rings is 3. The van der Waals surface area contributed by atoms with E-state index in [0.717, 1.165) is 27.6 Å². The van der Waals surface area contributed by atoms with Crippen LogP contribution in [0.3, 0.4) is 0 Å². The maximum Gasteiger partial charge on any atom is 0.323 e. The number of carbonyl (C=O) groups is 3. The first-order chi connectivity index (χ1) is 17.4. The monoisotopic (exact) mass is 483 g/mol. The summed E-state index contributed by atoms with van der Waals surface area (Å²) in [5, 5.41) is 12.3. The van der Waals surface area contributed by atoms with Crippen LogP contribution in [0.5, 0.6) is 0 Å². The molecule has 0 fully saturated rings. The minimum absolute atomic E-state index is 0.248. The van der Waals surface area contributed by atoms with Crippen LogP contribution in [0.15, 0.2) is 79.0 Å². The van der Waals surface area contributed by atoms with Gasteiger partial charge in [0.1, 0.15) is 6.04 Å². The highest BCUT2D eigenvalue weighted by molar-refractivity contribution is 5.99. The van der Waals surface area contributed by atoms with Crippen molar-refractivity contribution in [3.63, 3.8) is 0 Å². The van der Waals surface area contributed by atoms with Gasteiger partial charge in [-0.15, -0.1) is 0 Å². The minimum Gasteiger partial charge on any atom is -0.361 e. The van der Waals surface area contributed by atoms with Gasteiger partial charge in [-0.3, -0.25) is 9.59 Å². The number of hydrogen-bond donors (Lipinski definition) is 5. The molecule has 1 atom stereocenters. The molecule has 0 saturated heterocycles. The summed E-state index contributed by atoms with van der Waals surface area (Å²) >= 11 is 0. The Morgan fingerprint density at radius 3 is 2.36 bits per heavy atom. The van der Waals surface area contributed by atoms with Gasteiger partial charge in [0, 0.05) is 48.4 Å². The first kappa shape index (κ1) is 24.5. The van der Waals surface area contributed by atoms with E-state index in [9.17, 15) is 14.4 Å². The molecule has 0 saturated carbocycles. The Balaban J connectivity index is 1.37. The van der Waals surface area contributed by atoms with E-state index in [-0.39, 0.29) is 24.4 Å². The van der Waals surface area contributed by atoms with Crippen LogP contribution >= 0.6 is 0 Å². The molecule has 3 aromatic carbocycles. The average molecular weight is 484 g/mol. The van der Waals surface area contributed by atoms with E-state index in [4.69, 9.17) is 0 Å². The van der Waals surface area contributed by atoms with Crippen molar-refractivity contribution in [1.29, 1.82) is 0 Å². The predicted octanol–water partition coefficient (Wildman–Crippen LogP) is 4.48. The van der Waals surface area contributed by atoms with Gasteiger partial charge in [-0.2, -0.15) is 0 Å². The number of aromatic nitrogens is 1. The van der Waals surface area contributed by atoms with Crippen LogP contribution in [-0.2, 0) is 22.6 Å². The Bertz CT molecular complexity index is 1390. The van der Waals surface area contributed by atoms with E-state index in [0.29, 0.717) is 17.8 Å². The number of urea groups is 1. The zero-order valence-electron chi connectivity index (χ0n) is 20.2. The molecule has 184 valence electrons. The summed E-state index contributed by atoms with van der Waals surface area (Å²) in [6.07, 6.45) is 2.22. The molecule has 4 rings (SSSR count). The second-order valence-corrected chi connectivity index (χ2v) is 8.68. The summed E-state index contributed by atoms with van der Waals surface area (Å²) in [5.41, 5.74) is 5.09. The molecule has 8 heteroatoms. The van der Waals surface area contributed by atoms with Crippen molar-refractivity contribution in [3.05, 3.63) is 95.7 Å². The summed E-state index contributed by atoms with van der Waals surface area (Å²) in [4.78, 5) is 40.3. The van der Waals surface area contributed by atoms with E-state index in [1.165, 1.54) is 6.92 Å². The molecular formula is C28H29N5O3. The normalized spacial score (nSPS) is 11.5. The molecule has 0 aliphatic heterocycles. The van der Waals surface area contributed by atoms with Gasteiger partial charge in [0.05, 0.1) is 0 Å². The molecule has 4 amide bonds. The largest absolute Gasteiger partial charge is 0.361 e. The minimum atomic E-state index is -0.719. The molecule has 1 unspecified atom stereocenters. The van der Waals surface area contributed by atoms with Crippen LogP contribution < -0.4 is 21.3 Å². The zero-order valence-corrected chi connectivity index (χ0v) is 20.2. The average Bonchev–Trinajstić information content (AvgIpc) is 3.25. The molecule has 4 aromatic rings. The lowest BCUT2D eigenvalue weighted by Crippen LogP contribution is -2.47. The summed E-state index contributed by atoms with van der Waals surface area (Å²) in [6.45, 7) is 3.60. The third kappa shape index (κ3) is 6.50. The lowest BCUT2D eigenvalue weighted by Gasteiger charge is -2.18. The summed E-state index contributed by atoms with van der Waals surface area (Å²) in [5.74, 6) is -0.563. The molecule has 0 radical (unpaired) electrons. The molecule has 8 nitrogen and oxygen atoms in total.